The Morgan fingerprint density at radius 2 is 2.00 bits per heavy atom. The molecule has 0 aliphatic rings. The summed E-state index contributed by atoms with van der Waals surface area (Å²) in [7, 11) is 0. The average Bonchev–Trinajstić information content (AvgIpc) is 2.15. The van der Waals surface area contributed by atoms with E-state index in [1.807, 2.05) is 0 Å². The lowest BCUT2D eigenvalue weighted by atomic mass is 9.97. The molecular formula is C11H13NO4. The van der Waals surface area contributed by atoms with Gasteiger partial charge in [0.1, 0.15) is 0 Å². The lowest BCUT2D eigenvalue weighted by molar-refractivity contribution is -0.138. The quantitative estimate of drug-likeness (QED) is 0.663. The van der Waals surface area contributed by atoms with Gasteiger partial charge in [0.2, 0.25) is 0 Å². The molecule has 0 spiro atoms. The van der Waals surface area contributed by atoms with E-state index < -0.39 is 17.9 Å². The maximum atomic E-state index is 10.8. The molecule has 0 heterocycles. The van der Waals surface area contributed by atoms with Gasteiger partial charge in [0.25, 0.3) is 0 Å². The summed E-state index contributed by atoms with van der Waals surface area (Å²) in [5.74, 6) is -2.60. The van der Waals surface area contributed by atoms with Crippen molar-refractivity contribution in [2.75, 3.05) is 5.73 Å². The summed E-state index contributed by atoms with van der Waals surface area (Å²) in [5.41, 5.74) is 7.06. The third-order valence-electron chi connectivity index (χ3n) is 2.34. The predicted molar refractivity (Wildman–Crippen MR) is 58.2 cm³/mol. The van der Waals surface area contributed by atoms with E-state index in [2.05, 4.69) is 0 Å². The molecule has 1 aromatic rings. The molecule has 16 heavy (non-hydrogen) atoms. The third kappa shape index (κ3) is 2.73. The predicted octanol–water partition coefficient (Wildman–Crippen LogP) is 1.08. The van der Waals surface area contributed by atoms with Crippen LogP contribution in [0.1, 0.15) is 24.0 Å². The SMILES string of the molecule is CC(C(=O)O)c1ccc(CC(=O)O)cc1N. The number of hydrogen-bond donors (Lipinski definition) is 3. The molecule has 1 aromatic carbocycles. The van der Waals surface area contributed by atoms with Gasteiger partial charge in [-0.25, -0.2) is 0 Å². The lowest BCUT2D eigenvalue weighted by Gasteiger charge is -2.11. The van der Waals surface area contributed by atoms with Gasteiger partial charge in [-0.05, 0) is 24.1 Å². The Balaban J connectivity index is 3.00. The van der Waals surface area contributed by atoms with E-state index in [1.165, 1.54) is 13.0 Å². The molecule has 0 radical (unpaired) electrons. The maximum Gasteiger partial charge on any atom is 0.310 e. The summed E-state index contributed by atoms with van der Waals surface area (Å²) in [6.45, 7) is 1.53. The van der Waals surface area contributed by atoms with Gasteiger partial charge < -0.3 is 15.9 Å². The second-order valence-electron chi connectivity index (χ2n) is 3.59. The van der Waals surface area contributed by atoms with E-state index in [0.29, 0.717) is 16.8 Å². The molecule has 0 bridgehead atoms. The molecular weight excluding hydrogens is 210 g/mol. The van der Waals surface area contributed by atoms with Crippen molar-refractivity contribution in [1.82, 2.24) is 0 Å². The van der Waals surface area contributed by atoms with Crippen molar-refractivity contribution >= 4 is 17.6 Å². The molecule has 5 heteroatoms. The van der Waals surface area contributed by atoms with Crippen molar-refractivity contribution in [3.8, 4) is 0 Å². The molecule has 4 N–H and O–H groups in total. The number of carboxylic acids is 2. The fraction of sp³-hybridized carbons (Fsp3) is 0.273. The maximum absolute atomic E-state index is 10.8. The van der Waals surface area contributed by atoms with Crippen molar-refractivity contribution in [3.05, 3.63) is 29.3 Å². The van der Waals surface area contributed by atoms with Crippen LogP contribution in [-0.4, -0.2) is 22.2 Å². The van der Waals surface area contributed by atoms with Crippen LogP contribution in [0, 0.1) is 0 Å². The van der Waals surface area contributed by atoms with Gasteiger partial charge in [-0.15, -0.1) is 0 Å². The van der Waals surface area contributed by atoms with Crippen LogP contribution < -0.4 is 5.73 Å². The van der Waals surface area contributed by atoms with E-state index in [4.69, 9.17) is 15.9 Å². The van der Waals surface area contributed by atoms with Crippen LogP contribution in [0.3, 0.4) is 0 Å². The monoisotopic (exact) mass is 223 g/mol. The number of benzene rings is 1. The molecule has 0 aromatic heterocycles. The van der Waals surface area contributed by atoms with Crippen LogP contribution in [-0.2, 0) is 16.0 Å². The number of aliphatic carboxylic acids is 2. The number of carboxylic acid groups (broad SMARTS) is 2. The van der Waals surface area contributed by atoms with Gasteiger partial charge in [-0.2, -0.15) is 0 Å². The summed E-state index contributed by atoms with van der Waals surface area (Å²) in [6, 6.07) is 4.65. The summed E-state index contributed by atoms with van der Waals surface area (Å²) >= 11 is 0. The standard InChI is InChI=1S/C11H13NO4/c1-6(11(15)16)8-3-2-7(4-9(8)12)5-10(13)14/h2-4,6H,5,12H2,1H3,(H,13,14)(H,15,16). The molecule has 1 rings (SSSR count). The van der Waals surface area contributed by atoms with E-state index >= 15 is 0 Å². The molecule has 0 aliphatic carbocycles. The fourth-order valence-corrected chi connectivity index (χ4v) is 1.44. The summed E-state index contributed by atoms with van der Waals surface area (Å²) in [6.07, 6.45) is -0.119. The molecule has 5 nitrogen and oxygen atoms in total. The molecule has 1 unspecified atom stereocenters. The van der Waals surface area contributed by atoms with Crippen molar-refractivity contribution in [1.29, 1.82) is 0 Å². The summed E-state index contributed by atoms with van der Waals surface area (Å²) < 4.78 is 0. The first-order valence-corrected chi connectivity index (χ1v) is 4.74. The third-order valence-corrected chi connectivity index (χ3v) is 2.34. The first-order chi connectivity index (χ1) is 7.41. The second kappa shape index (κ2) is 4.65. The van der Waals surface area contributed by atoms with Gasteiger partial charge in [0.05, 0.1) is 12.3 Å². The van der Waals surface area contributed by atoms with Crippen LogP contribution >= 0.6 is 0 Å². The molecule has 0 saturated carbocycles. The van der Waals surface area contributed by atoms with E-state index in [1.54, 1.807) is 12.1 Å². The zero-order valence-electron chi connectivity index (χ0n) is 8.80. The largest absolute Gasteiger partial charge is 0.481 e. The molecule has 0 saturated heterocycles. The highest BCUT2D eigenvalue weighted by atomic mass is 16.4. The smallest absolute Gasteiger partial charge is 0.310 e. The molecule has 1 atom stereocenters. The Morgan fingerprint density at radius 3 is 2.44 bits per heavy atom. The lowest BCUT2D eigenvalue weighted by Crippen LogP contribution is -2.10. The highest BCUT2D eigenvalue weighted by Gasteiger charge is 2.16. The minimum Gasteiger partial charge on any atom is -0.481 e. The number of nitrogens with two attached hydrogens (primary N) is 1. The molecule has 0 aliphatic heterocycles. The second-order valence-corrected chi connectivity index (χ2v) is 3.59. The average molecular weight is 223 g/mol. The Kier molecular flexibility index (Phi) is 3.50. The van der Waals surface area contributed by atoms with Crippen molar-refractivity contribution < 1.29 is 19.8 Å². The van der Waals surface area contributed by atoms with Crippen LogP contribution in [0.4, 0.5) is 5.69 Å². The fourth-order valence-electron chi connectivity index (χ4n) is 1.44. The van der Waals surface area contributed by atoms with Crippen molar-refractivity contribution in [3.63, 3.8) is 0 Å². The van der Waals surface area contributed by atoms with Crippen LogP contribution in [0.15, 0.2) is 18.2 Å². The molecule has 86 valence electrons. The first kappa shape index (κ1) is 12.0. The Morgan fingerprint density at radius 1 is 1.38 bits per heavy atom. The zero-order valence-corrected chi connectivity index (χ0v) is 8.80. The Labute approximate surface area is 92.5 Å². The number of rotatable bonds is 4. The van der Waals surface area contributed by atoms with E-state index in [0.717, 1.165) is 0 Å². The number of anilines is 1. The van der Waals surface area contributed by atoms with Gasteiger partial charge in [-0.1, -0.05) is 12.1 Å². The summed E-state index contributed by atoms with van der Waals surface area (Å²) in [4.78, 5) is 21.2. The van der Waals surface area contributed by atoms with Gasteiger partial charge >= 0.3 is 11.9 Å². The number of nitrogen functional groups attached to an aromatic ring is 1. The Bertz CT molecular complexity index is 428. The number of carbonyl (C=O) groups is 2. The highest BCUT2D eigenvalue weighted by Crippen LogP contribution is 2.23. The summed E-state index contributed by atoms with van der Waals surface area (Å²) in [5, 5.41) is 17.4. The van der Waals surface area contributed by atoms with Crippen LogP contribution in [0.5, 0.6) is 0 Å². The normalized spacial score (nSPS) is 12.1. The zero-order chi connectivity index (χ0) is 12.3. The molecule has 0 fully saturated rings. The van der Waals surface area contributed by atoms with Crippen LogP contribution in [0.25, 0.3) is 0 Å². The van der Waals surface area contributed by atoms with Crippen molar-refractivity contribution in [2.45, 2.75) is 19.3 Å². The minimum atomic E-state index is -0.960. The molecule has 0 amide bonds. The van der Waals surface area contributed by atoms with Crippen molar-refractivity contribution in [2.24, 2.45) is 0 Å². The van der Waals surface area contributed by atoms with E-state index in [-0.39, 0.29) is 6.42 Å². The van der Waals surface area contributed by atoms with Gasteiger partial charge in [-0.3, -0.25) is 9.59 Å². The van der Waals surface area contributed by atoms with Gasteiger partial charge in [0, 0.05) is 5.69 Å². The topological polar surface area (TPSA) is 101 Å². The minimum absolute atomic E-state index is 0.119. The highest BCUT2D eigenvalue weighted by molar-refractivity contribution is 5.78. The number of hydrogen-bond acceptors (Lipinski definition) is 3. The first-order valence-electron chi connectivity index (χ1n) is 4.74. The van der Waals surface area contributed by atoms with Crippen LogP contribution in [0.2, 0.25) is 0 Å². The Hall–Kier alpha value is -2.04. The van der Waals surface area contributed by atoms with Gasteiger partial charge in [0.15, 0.2) is 0 Å². The van der Waals surface area contributed by atoms with E-state index in [9.17, 15) is 9.59 Å².